The first kappa shape index (κ1) is 21.9. The Hall–Kier alpha value is -2.84. The van der Waals surface area contributed by atoms with Crippen LogP contribution >= 0.6 is 31.9 Å². The molecule has 154 valence electrons. The summed E-state index contributed by atoms with van der Waals surface area (Å²) in [5.74, 6) is 1.15. The zero-order valence-electron chi connectivity index (χ0n) is 16.1. The molecule has 2 N–H and O–H groups in total. The zero-order chi connectivity index (χ0) is 21.7. The van der Waals surface area contributed by atoms with Gasteiger partial charge in [0, 0.05) is 35.7 Å². The molecular weight excluding hydrogens is 516 g/mol. The Kier molecular flexibility index (Phi) is 7.12. The summed E-state index contributed by atoms with van der Waals surface area (Å²) in [5, 5.41) is 20.4. The number of nitrogens with zero attached hydrogens (tertiary/aromatic N) is 2. The van der Waals surface area contributed by atoms with Gasteiger partial charge in [-0.05, 0) is 56.1 Å². The number of phenolic OH excluding ortho intramolecular Hbond substituents is 2. The van der Waals surface area contributed by atoms with Crippen LogP contribution in [-0.4, -0.2) is 36.9 Å². The topological polar surface area (TPSA) is 83.6 Å². The van der Waals surface area contributed by atoms with Crippen molar-refractivity contribution in [3.8, 4) is 23.0 Å². The predicted molar refractivity (Wildman–Crippen MR) is 126 cm³/mol. The quantitative estimate of drug-likeness (QED) is 0.373. The molecule has 8 heteroatoms. The number of para-hydroxylation sites is 2. The Labute approximate surface area is 190 Å². The van der Waals surface area contributed by atoms with E-state index >= 15 is 0 Å². The Morgan fingerprint density at radius 1 is 0.733 bits per heavy atom. The molecule has 0 atom stereocenters. The molecule has 0 heterocycles. The summed E-state index contributed by atoms with van der Waals surface area (Å²) >= 11 is 6.80. The summed E-state index contributed by atoms with van der Waals surface area (Å²) in [6.07, 6.45) is 3.10. The van der Waals surface area contributed by atoms with Crippen molar-refractivity contribution in [2.45, 2.75) is 0 Å². The summed E-state index contributed by atoms with van der Waals surface area (Å²) in [7, 11) is 3.06. The van der Waals surface area contributed by atoms with Gasteiger partial charge in [-0.1, -0.05) is 12.1 Å². The minimum Gasteiger partial charge on any atom is -0.507 e. The van der Waals surface area contributed by atoms with Gasteiger partial charge in [0.25, 0.3) is 0 Å². The Balaban J connectivity index is 1.90. The summed E-state index contributed by atoms with van der Waals surface area (Å²) in [6.45, 7) is 0. The number of aromatic hydroxyl groups is 2. The fourth-order valence-electron chi connectivity index (χ4n) is 2.60. The minimum absolute atomic E-state index is 0.0489. The fourth-order valence-corrected chi connectivity index (χ4v) is 3.64. The molecule has 30 heavy (non-hydrogen) atoms. The molecule has 0 saturated carbocycles. The molecule has 0 aliphatic carbocycles. The van der Waals surface area contributed by atoms with Crippen LogP contribution in [0.4, 0.5) is 11.4 Å². The number of phenols is 2. The van der Waals surface area contributed by atoms with Crippen LogP contribution in [0.1, 0.15) is 11.1 Å². The van der Waals surface area contributed by atoms with E-state index in [-0.39, 0.29) is 11.5 Å². The number of rotatable bonds is 6. The molecule has 0 unspecified atom stereocenters. The van der Waals surface area contributed by atoms with Gasteiger partial charge in [0.1, 0.15) is 23.0 Å². The number of ether oxygens (including phenoxy) is 2. The maximum atomic E-state index is 10.2. The lowest BCUT2D eigenvalue weighted by Gasteiger charge is -2.07. The van der Waals surface area contributed by atoms with Crippen LogP contribution in [0.3, 0.4) is 0 Å². The molecule has 0 amide bonds. The van der Waals surface area contributed by atoms with Gasteiger partial charge in [0.2, 0.25) is 0 Å². The largest absolute Gasteiger partial charge is 0.507 e. The van der Waals surface area contributed by atoms with Crippen LogP contribution in [0.25, 0.3) is 0 Å². The van der Waals surface area contributed by atoms with E-state index in [2.05, 4.69) is 41.8 Å². The third kappa shape index (κ3) is 5.01. The van der Waals surface area contributed by atoms with Gasteiger partial charge in [0.05, 0.1) is 34.5 Å². The van der Waals surface area contributed by atoms with Gasteiger partial charge >= 0.3 is 0 Å². The van der Waals surface area contributed by atoms with Crippen LogP contribution in [0.5, 0.6) is 23.0 Å². The number of methoxy groups -OCH3 is 2. The lowest BCUT2D eigenvalue weighted by atomic mass is 10.2. The summed E-state index contributed by atoms with van der Waals surface area (Å²) in [6, 6.07) is 13.8. The standard InChI is InChI=1S/C22H18Br2N2O4/c1-29-21-9-19(27)13(7-15(21)23)11-25-17-5-3-4-6-18(17)26-12-14-8-16(24)22(30-2)10-20(14)28/h3-12,27-28H,1-2H3. The van der Waals surface area contributed by atoms with Crippen molar-refractivity contribution in [1.82, 2.24) is 0 Å². The van der Waals surface area contributed by atoms with Crippen molar-refractivity contribution in [3.05, 3.63) is 68.6 Å². The van der Waals surface area contributed by atoms with Crippen molar-refractivity contribution < 1.29 is 19.7 Å². The van der Waals surface area contributed by atoms with Crippen LogP contribution in [0, 0.1) is 0 Å². The molecular formula is C22H18Br2N2O4. The summed E-state index contributed by atoms with van der Waals surface area (Å²) in [5.41, 5.74) is 2.26. The second-order valence-electron chi connectivity index (χ2n) is 6.10. The van der Waals surface area contributed by atoms with Crippen LogP contribution in [0.2, 0.25) is 0 Å². The second kappa shape index (κ2) is 9.77. The molecule has 0 radical (unpaired) electrons. The molecule has 6 nitrogen and oxygen atoms in total. The molecule has 0 aliphatic heterocycles. The first-order valence-corrected chi connectivity index (χ1v) is 10.3. The smallest absolute Gasteiger partial charge is 0.136 e. The molecule has 0 saturated heterocycles. The lowest BCUT2D eigenvalue weighted by Crippen LogP contribution is -1.89. The van der Waals surface area contributed by atoms with E-state index in [1.165, 1.54) is 26.4 Å². The van der Waals surface area contributed by atoms with Gasteiger partial charge in [-0.3, -0.25) is 9.98 Å². The first-order valence-electron chi connectivity index (χ1n) is 8.73. The second-order valence-corrected chi connectivity index (χ2v) is 7.80. The molecule has 0 fully saturated rings. The number of halogens is 2. The minimum atomic E-state index is 0.0489. The van der Waals surface area contributed by atoms with E-state index in [0.717, 1.165) is 0 Å². The van der Waals surface area contributed by atoms with Crippen molar-refractivity contribution >= 4 is 55.7 Å². The molecule has 0 spiro atoms. The lowest BCUT2D eigenvalue weighted by molar-refractivity contribution is 0.404. The monoisotopic (exact) mass is 532 g/mol. The van der Waals surface area contributed by atoms with Gasteiger partial charge in [0.15, 0.2) is 0 Å². The van der Waals surface area contributed by atoms with Gasteiger partial charge in [-0.25, -0.2) is 0 Å². The van der Waals surface area contributed by atoms with Crippen LogP contribution in [0.15, 0.2) is 67.5 Å². The molecule has 3 rings (SSSR count). The van der Waals surface area contributed by atoms with E-state index in [4.69, 9.17) is 9.47 Å². The van der Waals surface area contributed by atoms with Crippen LogP contribution in [-0.2, 0) is 0 Å². The molecule has 0 aliphatic rings. The van der Waals surface area contributed by atoms with Gasteiger partial charge in [-0.15, -0.1) is 0 Å². The highest BCUT2D eigenvalue weighted by Crippen LogP contribution is 2.34. The number of aliphatic imine (C=N–C) groups is 2. The molecule has 3 aromatic carbocycles. The first-order chi connectivity index (χ1) is 14.4. The SMILES string of the molecule is COc1cc(O)c(C=Nc2ccccc2N=Cc2cc(Br)c(OC)cc2O)cc1Br. The van der Waals surface area contributed by atoms with E-state index in [0.29, 0.717) is 42.9 Å². The van der Waals surface area contributed by atoms with Gasteiger partial charge < -0.3 is 19.7 Å². The maximum Gasteiger partial charge on any atom is 0.136 e. The Bertz CT molecular complexity index is 1040. The number of hydrogen-bond acceptors (Lipinski definition) is 6. The van der Waals surface area contributed by atoms with Gasteiger partial charge in [-0.2, -0.15) is 0 Å². The fraction of sp³-hybridized carbons (Fsp3) is 0.0909. The molecule has 3 aromatic rings. The van der Waals surface area contributed by atoms with E-state index in [1.807, 2.05) is 24.3 Å². The van der Waals surface area contributed by atoms with E-state index < -0.39 is 0 Å². The van der Waals surface area contributed by atoms with E-state index in [1.54, 1.807) is 24.6 Å². The van der Waals surface area contributed by atoms with Crippen molar-refractivity contribution in [3.63, 3.8) is 0 Å². The summed E-state index contributed by atoms with van der Waals surface area (Å²) in [4.78, 5) is 8.92. The average molecular weight is 534 g/mol. The third-order valence-electron chi connectivity index (χ3n) is 4.17. The molecule has 0 aromatic heterocycles. The normalized spacial score (nSPS) is 11.3. The summed E-state index contributed by atoms with van der Waals surface area (Å²) < 4.78 is 11.7. The highest BCUT2D eigenvalue weighted by atomic mass is 79.9. The number of hydrogen-bond donors (Lipinski definition) is 2. The highest BCUT2D eigenvalue weighted by Gasteiger charge is 2.08. The zero-order valence-corrected chi connectivity index (χ0v) is 19.3. The van der Waals surface area contributed by atoms with Crippen molar-refractivity contribution in [2.75, 3.05) is 14.2 Å². The van der Waals surface area contributed by atoms with Crippen molar-refractivity contribution in [2.24, 2.45) is 9.98 Å². The van der Waals surface area contributed by atoms with Crippen molar-refractivity contribution in [1.29, 1.82) is 0 Å². The Morgan fingerprint density at radius 2 is 1.13 bits per heavy atom. The van der Waals surface area contributed by atoms with E-state index in [9.17, 15) is 10.2 Å². The average Bonchev–Trinajstić information content (AvgIpc) is 2.74. The predicted octanol–water partition coefficient (Wildman–Crippen LogP) is 6.14. The maximum absolute atomic E-state index is 10.2. The number of benzene rings is 3. The Morgan fingerprint density at radius 3 is 1.50 bits per heavy atom. The highest BCUT2D eigenvalue weighted by molar-refractivity contribution is 9.10. The van der Waals surface area contributed by atoms with Crippen LogP contribution < -0.4 is 9.47 Å². The third-order valence-corrected chi connectivity index (χ3v) is 5.41. The molecule has 0 bridgehead atoms.